The number of hydrogen-bond acceptors (Lipinski definition) is 4. The summed E-state index contributed by atoms with van der Waals surface area (Å²) in [6.07, 6.45) is 1.78. The lowest BCUT2D eigenvalue weighted by atomic mass is 10.1. The average molecular weight is 416 g/mol. The van der Waals surface area contributed by atoms with Crippen LogP contribution in [0.3, 0.4) is 0 Å². The SMILES string of the molecule is CCOC(=O)Cc1nc2ccc(Br)cn2c1NC(=O)c1ccccc1C. The molecule has 1 amide bonds. The first-order valence-corrected chi connectivity index (χ1v) is 8.98. The largest absolute Gasteiger partial charge is 0.466 e. The number of carbonyl (C=O) groups excluding carboxylic acids is 2. The number of hydrogen-bond donors (Lipinski definition) is 1. The normalized spacial score (nSPS) is 10.7. The average Bonchev–Trinajstić information content (AvgIpc) is 2.92. The second-order valence-electron chi connectivity index (χ2n) is 5.73. The van der Waals surface area contributed by atoms with E-state index in [9.17, 15) is 9.59 Å². The van der Waals surface area contributed by atoms with Gasteiger partial charge in [0.2, 0.25) is 0 Å². The van der Waals surface area contributed by atoms with Gasteiger partial charge in [-0.25, -0.2) is 4.98 Å². The summed E-state index contributed by atoms with van der Waals surface area (Å²) >= 11 is 3.42. The zero-order chi connectivity index (χ0) is 18.7. The Morgan fingerprint density at radius 2 is 2.00 bits per heavy atom. The third kappa shape index (κ3) is 3.77. The Labute approximate surface area is 159 Å². The fourth-order valence-corrected chi connectivity index (χ4v) is 3.01. The van der Waals surface area contributed by atoms with Crippen molar-refractivity contribution in [3.63, 3.8) is 0 Å². The third-order valence-electron chi connectivity index (χ3n) is 3.89. The van der Waals surface area contributed by atoms with Crippen LogP contribution < -0.4 is 5.32 Å². The minimum absolute atomic E-state index is 0.0173. The molecule has 1 aromatic carbocycles. The molecule has 3 aromatic rings. The molecule has 0 atom stereocenters. The highest BCUT2D eigenvalue weighted by molar-refractivity contribution is 9.10. The number of nitrogens with zero attached hydrogens (tertiary/aromatic N) is 2. The van der Waals surface area contributed by atoms with Gasteiger partial charge in [-0.05, 0) is 53.5 Å². The van der Waals surface area contributed by atoms with Gasteiger partial charge in [-0.15, -0.1) is 0 Å². The van der Waals surface area contributed by atoms with E-state index in [0.29, 0.717) is 29.3 Å². The maximum atomic E-state index is 12.7. The molecule has 134 valence electrons. The standard InChI is InChI=1S/C19H18BrN3O3/c1-3-26-17(24)10-15-18(23-11-13(20)8-9-16(23)21-15)22-19(25)14-7-5-4-6-12(14)2/h4-9,11H,3,10H2,1-2H3,(H,22,25). The Kier molecular flexibility index (Phi) is 5.37. The molecule has 6 nitrogen and oxygen atoms in total. The van der Waals surface area contributed by atoms with E-state index in [1.165, 1.54) is 0 Å². The van der Waals surface area contributed by atoms with Crippen LogP contribution in [0.2, 0.25) is 0 Å². The molecule has 0 aliphatic heterocycles. The summed E-state index contributed by atoms with van der Waals surface area (Å²) in [6.45, 7) is 3.92. The minimum atomic E-state index is -0.388. The number of fused-ring (bicyclic) bond motifs is 1. The summed E-state index contributed by atoms with van der Waals surface area (Å²) in [5.41, 5.74) is 2.53. The molecule has 0 aliphatic carbocycles. The topological polar surface area (TPSA) is 72.7 Å². The van der Waals surface area contributed by atoms with Crippen molar-refractivity contribution >= 4 is 39.3 Å². The molecule has 0 saturated carbocycles. The van der Waals surface area contributed by atoms with Crippen LogP contribution in [-0.4, -0.2) is 27.9 Å². The second-order valence-corrected chi connectivity index (χ2v) is 6.65. The van der Waals surface area contributed by atoms with Crippen molar-refractivity contribution in [1.82, 2.24) is 9.38 Å². The zero-order valence-corrected chi connectivity index (χ0v) is 16.0. The molecule has 0 bridgehead atoms. The van der Waals surface area contributed by atoms with Gasteiger partial charge in [-0.3, -0.25) is 14.0 Å². The highest BCUT2D eigenvalue weighted by Crippen LogP contribution is 2.23. The van der Waals surface area contributed by atoms with Crippen LogP contribution in [0.4, 0.5) is 5.82 Å². The first kappa shape index (κ1) is 18.1. The lowest BCUT2D eigenvalue weighted by Crippen LogP contribution is -2.17. The molecule has 0 radical (unpaired) electrons. The number of halogens is 1. The molecule has 26 heavy (non-hydrogen) atoms. The molecule has 0 unspecified atom stereocenters. The van der Waals surface area contributed by atoms with Crippen molar-refractivity contribution in [2.45, 2.75) is 20.3 Å². The number of benzene rings is 1. The van der Waals surface area contributed by atoms with Crippen LogP contribution in [0.5, 0.6) is 0 Å². The van der Waals surface area contributed by atoms with Gasteiger partial charge in [0, 0.05) is 16.2 Å². The van der Waals surface area contributed by atoms with Gasteiger partial charge in [-0.2, -0.15) is 0 Å². The lowest BCUT2D eigenvalue weighted by molar-refractivity contribution is -0.142. The van der Waals surface area contributed by atoms with Gasteiger partial charge in [0.15, 0.2) is 0 Å². The molecule has 2 heterocycles. The first-order chi connectivity index (χ1) is 12.5. The number of esters is 1. The Bertz CT molecular complexity index is 981. The third-order valence-corrected chi connectivity index (χ3v) is 4.36. The van der Waals surface area contributed by atoms with E-state index >= 15 is 0 Å². The summed E-state index contributed by atoms with van der Waals surface area (Å²) in [7, 11) is 0. The number of pyridine rings is 1. The van der Waals surface area contributed by atoms with E-state index in [0.717, 1.165) is 10.0 Å². The number of amides is 1. The Balaban J connectivity index is 2.01. The van der Waals surface area contributed by atoms with Gasteiger partial charge >= 0.3 is 5.97 Å². The number of nitrogens with one attached hydrogen (secondary N) is 1. The quantitative estimate of drug-likeness (QED) is 0.643. The lowest BCUT2D eigenvalue weighted by Gasteiger charge is -2.09. The van der Waals surface area contributed by atoms with Gasteiger partial charge in [-0.1, -0.05) is 18.2 Å². The molecule has 0 fully saturated rings. The Morgan fingerprint density at radius 3 is 2.73 bits per heavy atom. The van der Waals surface area contributed by atoms with Crippen molar-refractivity contribution in [2.24, 2.45) is 0 Å². The zero-order valence-electron chi connectivity index (χ0n) is 14.5. The predicted molar refractivity (Wildman–Crippen MR) is 102 cm³/mol. The number of aryl methyl sites for hydroxylation is 1. The molecular weight excluding hydrogens is 398 g/mol. The van der Waals surface area contributed by atoms with Crippen molar-refractivity contribution in [3.05, 3.63) is 63.9 Å². The van der Waals surface area contributed by atoms with Crippen LogP contribution in [-0.2, 0) is 16.0 Å². The molecule has 2 aromatic heterocycles. The molecule has 0 saturated heterocycles. The van der Waals surface area contributed by atoms with Crippen molar-refractivity contribution in [1.29, 1.82) is 0 Å². The maximum absolute atomic E-state index is 12.7. The summed E-state index contributed by atoms with van der Waals surface area (Å²) in [6, 6.07) is 11.0. The predicted octanol–water partition coefficient (Wildman–Crippen LogP) is 3.76. The van der Waals surface area contributed by atoms with Crippen LogP contribution in [0.25, 0.3) is 5.65 Å². The summed E-state index contributed by atoms with van der Waals surface area (Å²) in [4.78, 5) is 29.1. The van der Waals surface area contributed by atoms with E-state index in [1.54, 1.807) is 23.6 Å². The van der Waals surface area contributed by atoms with Crippen LogP contribution in [0.1, 0.15) is 28.5 Å². The summed E-state index contributed by atoms with van der Waals surface area (Å²) in [5, 5.41) is 2.90. The molecule has 0 spiro atoms. The minimum Gasteiger partial charge on any atom is -0.466 e. The molecule has 7 heteroatoms. The Hall–Kier alpha value is -2.67. The number of anilines is 1. The fraction of sp³-hybridized carbons (Fsp3) is 0.211. The van der Waals surface area contributed by atoms with E-state index in [4.69, 9.17) is 4.74 Å². The monoisotopic (exact) mass is 415 g/mol. The van der Waals surface area contributed by atoms with E-state index in [1.807, 2.05) is 37.3 Å². The van der Waals surface area contributed by atoms with Crippen molar-refractivity contribution in [3.8, 4) is 0 Å². The molecular formula is C19H18BrN3O3. The number of rotatable bonds is 5. The Morgan fingerprint density at radius 1 is 1.23 bits per heavy atom. The molecule has 3 rings (SSSR count). The smallest absolute Gasteiger partial charge is 0.312 e. The highest BCUT2D eigenvalue weighted by atomic mass is 79.9. The molecule has 0 aliphatic rings. The van der Waals surface area contributed by atoms with Gasteiger partial charge in [0.1, 0.15) is 11.5 Å². The summed E-state index contributed by atoms with van der Waals surface area (Å²) < 4.78 is 7.59. The van der Waals surface area contributed by atoms with Crippen molar-refractivity contribution < 1.29 is 14.3 Å². The fourth-order valence-electron chi connectivity index (χ4n) is 2.67. The number of carbonyl (C=O) groups is 2. The van der Waals surface area contributed by atoms with Gasteiger partial charge in [0.25, 0.3) is 5.91 Å². The first-order valence-electron chi connectivity index (χ1n) is 8.18. The van der Waals surface area contributed by atoms with Crippen LogP contribution in [0.15, 0.2) is 47.1 Å². The highest BCUT2D eigenvalue weighted by Gasteiger charge is 2.19. The second kappa shape index (κ2) is 7.70. The number of imidazole rings is 1. The van der Waals surface area contributed by atoms with Gasteiger partial charge in [0.05, 0.1) is 18.7 Å². The van der Waals surface area contributed by atoms with Gasteiger partial charge < -0.3 is 10.1 Å². The summed E-state index contributed by atoms with van der Waals surface area (Å²) in [5.74, 6) is -0.182. The van der Waals surface area contributed by atoms with Crippen LogP contribution in [0, 0.1) is 6.92 Å². The maximum Gasteiger partial charge on any atom is 0.312 e. The van der Waals surface area contributed by atoms with E-state index in [-0.39, 0.29) is 18.3 Å². The van der Waals surface area contributed by atoms with E-state index < -0.39 is 0 Å². The number of aromatic nitrogens is 2. The van der Waals surface area contributed by atoms with E-state index in [2.05, 4.69) is 26.2 Å². The molecule has 1 N–H and O–H groups in total. The number of ether oxygens (including phenoxy) is 1. The van der Waals surface area contributed by atoms with Crippen LogP contribution >= 0.6 is 15.9 Å². The van der Waals surface area contributed by atoms with Crippen molar-refractivity contribution in [2.75, 3.05) is 11.9 Å².